The minimum atomic E-state index is -0.825. The van der Waals surface area contributed by atoms with Gasteiger partial charge in [0.25, 0.3) is 0 Å². The molecule has 21 heavy (non-hydrogen) atoms. The Balaban J connectivity index is 1.68. The molecule has 0 saturated carbocycles. The molecule has 0 aliphatic carbocycles. The molecular formula is C17H17FO3. The van der Waals surface area contributed by atoms with Gasteiger partial charge >= 0.3 is 0 Å². The normalized spacial score (nSPS) is 18.0. The molecule has 0 radical (unpaired) electrons. The summed E-state index contributed by atoms with van der Waals surface area (Å²) in [7, 11) is 0. The molecule has 0 amide bonds. The van der Waals surface area contributed by atoms with Crippen LogP contribution in [0.25, 0.3) is 0 Å². The fourth-order valence-corrected chi connectivity index (χ4v) is 2.50. The van der Waals surface area contributed by atoms with Crippen molar-refractivity contribution in [3.63, 3.8) is 0 Å². The Morgan fingerprint density at radius 3 is 2.90 bits per heavy atom. The molecule has 3 rings (SSSR count). The van der Waals surface area contributed by atoms with Crippen molar-refractivity contribution in [1.29, 1.82) is 0 Å². The molecule has 110 valence electrons. The molecule has 1 aliphatic heterocycles. The van der Waals surface area contributed by atoms with Crippen LogP contribution in [-0.4, -0.2) is 18.3 Å². The first kappa shape index (κ1) is 13.9. The second-order valence-electron chi connectivity index (χ2n) is 5.22. The van der Waals surface area contributed by atoms with Gasteiger partial charge in [-0.05, 0) is 25.1 Å². The second-order valence-corrected chi connectivity index (χ2v) is 5.22. The first-order chi connectivity index (χ1) is 10.1. The van der Waals surface area contributed by atoms with Crippen molar-refractivity contribution in [2.24, 2.45) is 0 Å². The van der Waals surface area contributed by atoms with E-state index in [0.717, 1.165) is 11.3 Å². The highest BCUT2D eigenvalue weighted by Gasteiger charge is 2.24. The van der Waals surface area contributed by atoms with Crippen LogP contribution in [0.5, 0.6) is 11.5 Å². The summed E-state index contributed by atoms with van der Waals surface area (Å²) >= 11 is 0. The monoisotopic (exact) mass is 288 g/mol. The smallest absolute Gasteiger partial charge is 0.132 e. The fraction of sp³-hybridized carbons (Fsp3) is 0.294. The number of hydrogen-bond acceptors (Lipinski definition) is 3. The number of hydrogen-bond donors (Lipinski definition) is 1. The lowest BCUT2D eigenvalue weighted by Gasteiger charge is -2.13. The molecule has 1 N–H and O–H groups in total. The van der Waals surface area contributed by atoms with Crippen molar-refractivity contribution in [2.45, 2.75) is 18.9 Å². The molecule has 1 heterocycles. The zero-order valence-electron chi connectivity index (χ0n) is 11.8. The van der Waals surface area contributed by atoms with Crippen LogP contribution < -0.4 is 9.47 Å². The van der Waals surface area contributed by atoms with Gasteiger partial charge in [0.2, 0.25) is 0 Å². The van der Waals surface area contributed by atoms with Crippen LogP contribution in [0.15, 0.2) is 42.5 Å². The van der Waals surface area contributed by atoms with Crippen molar-refractivity contribution in [3.05, 3.63) is 59.4 Å². The summed E-state index contributed by atoms with van der Waals surface area (Å²) in [4.78, 5) is 0. The summed E-state index contributed by atoms with van der Waals surface area (Å²) in [5.74, 6) is 1.05. The SMILES string of the molecule is C[C@@H](O)c1ccc(OCC2COc3ccccc32)cc1F. The number of ether oxygens (including phenoxy) is 2. The molecule has 0 saturated heterocycles. The van der Waals surface area contributed by atoms with E-state index in [1.807, 2.05) is 24.3 Å². The van der Waals surface area contributed by atoms with Crippen molar-refractivity contribution in [2.75, 3.05) is 13.2 Å². The Morgan fingerprint density at radius 1 is 1.33 bits per heavy atom. The Hall–Kier alpha value is -2.07. The third-order valence-electron chi connectivity index (χ3n) is 3.67. The topological polar surface area (TPSA) is 38.7 Å². The summed E-state index contributed by atoms with van der Waals surface area (Å²) in [6.07, 6.45) is -0.825. The van der Waals surface area contributed by atoms with Crippen LogP contribution in [0.1, 0.15) is 30.1 Å². The van der Waals surface area contributed by atoms with Gasteiger partial charge in [-0.2, -0.15) is 0 Å². The number of aliphatic hydroxyl groups is 1. The van der Waals surface area contributed by atoms with Gasteiger partial charge in [-0.3, -0.25) is 0 Å². The average Bonchev–Trinajstić information content (AvgIpc) is 2.88. The highest BCUT2D eigenvalue weighted by molar-refractivity contribution is 5.40. The molecule has 1 unspecified atom stereocenters. The Morgan fingerprint density at radius 2 is 2.14 bits per heavy atom. The average molecular weight is 288 g/mol. The number of para-hydroxylation sites is 1. The van der Waals surface area contributed by atoms with Crippen molar-refractivity contribution in [1.82, 2.24) is 0 Å². The Labute approximate surface area is 122 Å². The second kappa shape index (κ2) is 5.74. The van der Waals surface area contributed by atoms with E-state index in [2.05, 4.69) is 0 Å². The molecule has 4 heteroatoms. The van der Waals surface area contributed by atoms with Crippen LogP contribution in [0.3, 0.4) is 0 Å². The zero-order chi connectivity index (χ0) is 14.8. The fourth-order valence-electron chi connectivity index (χ4n) is 2.50. The number of aliphatic hydroxyl groups excluding tert-OH is 1. The molecule has 0 fully saturated rings. The molecule has 0 spiro atoms. The molecule has 2 atom stereocenters. The lowest BCUT2D eigenvalue weighted by Crippen LogP contribution is -2.12. The van der Waals surface area contributed by atoms with E-state index in [1.165, 1.54) is 13.0 Å². The van der Waals surface area contributed by atoms with Gasteiger partial charge < -0.3 is 14.6 Å². The number of rotatable bonds is 4. The quantitative estimate of drug-likeness (QED) is 0.936. The van der Waals surface area contributed by atoms with Gasteiger partial charge in [0.15, 0.2) is 0 Å². The number of benzene rings is 2. The van der Waals surface area contributed by atoms with E-state index in [-0.39, 0.29) is 11.5 Å². The predicted molar refractivity (Wildman–Crippen MR) is 77.2 cm³/mol. The van der Waals surface area contributed by atoms with E-state index < -0.39 is 11.9 Å². The van der Waals surface area contributed by atoms with Crippen LogP contribution in [0, 0.1) is 5.82 Å². The van der Waals surface area contributed by atoms with E-state index >= 15 is 0 Å². The third kappa shape index (κ3) is 2.85. The van der Waals surface area contributed by atoms with E-state index in [4.69, 9.17) is 9.47 Å². The maximum absolute atomic E-state index is 13.8. The molecular weight excluding hydrogens is 271 g/mol. The minimum absolute atomic E-state index is 0.153. The van der Waals surface area contributed by atoms with Crippen LogP contribution in [-0.2, 0) is 0 Å². The molecule has 0 bridgehead atoms. The van der Waals surface area contributed by atoms with Crippen molar-refractivity contribution < 1.29 is 19.0 Å². The highest BCUT2D eigenvalue weighted by atomic mass is 19.1. The lowest BCUT2D eigenvalue weighted by atomic mass is 10.0. The molecule has 0 aromatic heterocycles. The molecule has 1 aliphatic rings. The maximum atomic E-state index is 13.8. The van der Waals surface area contributed by atoms with Gasteiger partial charge in [0.05, 0.1) is 25.2 Å². The van der Waals surface area contributed by atoms with E-state index in [1.54, 1.807) is 12.1 Å². The number of fused-ring (bicyclic) bond motifs is 1. The van der Waals surface area contributed by atoms with Crippen molar-refractivity contribution in [3.8, 4) is 11.5 Å². The van der Waals surface area contributed by atoms with Crippen molar-refractivity contribution >= 4 is 0 Å². The standard InChI is InChI=1S/C17H17FO3/c1-11(19)14-7-6-13(8-16(14)18)20-9-12-10-21-17-5-3-2-4-15(12)17/h2-8,11-12,19H,9-10H2,1H3/t11-,12?/m1/s1. The summed E-state index contributed by atoms with van der Waals surface area (Å²) in [5.41, 5.74) is 1.40. The minimum Gasteiger partial charge on any atom is -0.493 e. The van der Waals surface area contributed by atoms with Gasteiger partial charge in [-0.25, -0.2) is 4.39 Å². The van der Waals surface area contributed by atoms with Crippen LogP contribution >= 0.6 is 0 Å². The molecule has 3 nitrogen and oxygen atoms in total. The summed E-state index contributed by atoms with van der Waals surface area (Å²) < 4.78 is 25.0. The van der Waals surface area contributed by atoms with Crippen LogP contribution in [0.4, 0.5) is 4.39 Å². The zero-order valence-corrected chi connectivity index (χ0v) is 11.8. The number of halogens is 1. The first-order valence-electron chi connectivity index (χ1n) is 6.97. The first-order valence-corrected chi connectivity index (χ1v) is 6.97. The lowest BCUT2D eigenvalue weighted by molar-refractivity contribution is 0.193. The molecule has 2 aromatic rings. The third-order valence-corrected chi connectivity index (χ3v) is 3.67. The van der Waals surface area contributed by atoms with Gasteiger partial charge in [-0.15, -0.1) is 0 Å². The van der Waals surface area contributed by atoms with Crippen LogP contribution in [0.2, 0.25) is 0 Å². The highest BCUT2D eigenvalue weighted by Crippen LogP contribution is 2.34. The predicted octanol–water partition coefficient (Wildman–Crippen LogP) is 3.43. The summed E-state index contributed by atoms with van der Waals surface area (Å²) in [6.45, 7) is 2.55. The largest absolute Gasteiger partial charge is 0.493 e. The van der Waals surface area contributed by atoms with Gasteiger partial charge in [-0.1, -0.05) is 18.2 Å². The van der Waals surface area contributed by atoms with Gasteiger partial charge in [0, 0.05) is 17.2 Å². The van der Waals surface area contributed by atoms with E-state index in [9.17, 15) is 9.50 Å². The molecule has 2 aromatic carbocycles. The maximum Gasteiger partial charge on any atom is 0.132 e. The van der Waals surface area contributed by atoms with Gasteiger partial charge in [0.1, 0.15) is 17.3 Å². The Kier molecular flexibility index (Phi) is 3.80. The Bertz CT molecular complexity index is 640. The summed E-state index contributed by atoms with van der Waals surface area (Å²) in [5, 5.41) is 9.41. The van der Waals surface area contributed by atoms with E-state index in [0.29, 0.717) is 19.0 Å². The summed E-state index contributed by atoms with van der Waals surface area (Å²) in [6, 6.07) is 12.4.